The first-order valence-electron chi connectivity index (χ1n) is 10.8. The number of nitrogens with one attached hydrogen (secondary N) is 2. The number of morpholine rings is 1. The van der Waals surface area contributed by atoms with E-state index in [-0.39, 0.29) is 17.7 Å². The maximum absolute atomic E-state index is 13.3. The number of halogens is 1. The summed E-state index contributed by atoms with van der Waals surface area (Å²) in [6.45, 7) is 4.51. The van der Waals surface area contributed by atoms with Gasteiger partial charge >= 0.3 is 0 Å². The van der Waals surface area contributed by atoms with E-state index in [2.05, 4.69) is 25.5 Å². The number of hydrogen-bond donors (Lipinski definition) is 2. The summed E-state index contributed by atoms with van der Waals surface area (Å²) < 4.78 is 18.7. The lowest BCUT2D eigenvalue weighted by molar-refractivity contribution is 0.0342. The van der Waals surface area contributed by atoms with Gasteiger partial charge in [0.05, 0.1) is 19.8 Å². The van der Waals surface area contributed by atoms with Gasteiger partial charge in [0.2, 0.25) is 5.96 Å². The third-order valence-corrected chi connectivity index (χ3v) is 5.23. The average molecular weight is 448 g/mol. The molecule has 0 atom stereocenters. The Kier molecular flexibility index (Phi) is 7.73. The fourth-order valence-electron chi connectivity index (χ4n) is 3.40. The number of aromatic nitrogens is 1. The zero-order valence-corrected chi connectivity index (χ0v) is 18.2. The highest BCUT2D eigenvalue weighted by Crippen LogP contribution is 2.11. The van der Waals surface area contributed by atoms with Crippen molar-refractivity contribution in [3.63, 3.8) is 0 Å². The molecule has 1 aromatic heterocycles. The Bertz CT molecular complexity index is 1070. The van der Waals surface area contributed by atoms with Gasteiger partial charge in [0, 0.05) is 43.3 Å². The van der Waals surface area contributed by atoms with Crippen LogP contribution in [0.5, 0.6) is 0 Å². The first-order chi connectivity index (χ1) is 16.2. The minimum Gasteiger partial charge on any atom is -0.379 e. The number of hydrogen-bond acceptors (Lipinski definition) is 5. The molecule has 4 rings (SSSR count). The van der Waals surface area contributed by atoms with E-state index >= 15 is 0 Å². The molecule has 0 unspecified atom stereocenters. The summed E-state index contributed by atoms with van der Waals surface area (Å²) >= 11 is 0. The molecule has 1 aliphatic heterocycles. The molecule has 3 aromatic rings. The normalized spacial score (nSPS) is 14.6. The van der Waals surface area contributed by atoms with Crippen LogP contribution in [-0.4, -0.2) is 48.1 Å². The van der Waals surface area contributed by atoms with Gasteiger partial charge in [-0.05, 0) is 59.7 Å². The van der Waals surface area contributed by atoms with E-state index in [1.807, 2.05) is 36.4 Å². The van der Waals surface area contributed by atoms with Gasteiger partial charge in [-0.3, -0.25) is 20.0 Å². The number of pyridine rings is 1. The molecule has 0 bridgehead atoms. The Hall–Kier alpha value is -3.62. The van der Waals surface area contributed by atoms with Crippen LogP contribution in [-0.2, 0) is 17.8 Å². The fourth-order valence-corrected chi connectivity index (χ4v) is 3.40. The van der Waals surface area contributed by atoms with E-state index in [1.165, 1.54) is 12.1 Å². The van der Waals surface area contributed by atoms with E-state index in [0.29, 0.717) is 17.8 Å². The molecule has 1 fully saturated rings. The Morgan fingerprint density at radius 3 is 2.36 bits per heavy atom. The standard InChI is InChI=1S/C25H26FN5O2/c26-22-5-7-23(8-6-22)29-25(28-17-19-9-11-27-12-10-19)30-24(32)21-3-1-20(2-4-21)18-31-13-15-33-16-14-31/h1-12H,13-18H2,(H2,28,29,30,32). The van der Waals surface area contributed by atoms with Gasteiger partial charge in [0.15, 0.2) is 0 Å². The Morgan fingerprint density at radius 2 is 1.67 bits per heavy atom. The van der Waals surface area contributed by atoms with E-state index in [0.717, 1.165) is 44.0 Å². The van der Waals surface area contributed by atoms with Crippen LogP contribution < -0.4 is 10.6 Å². The molecule has 0 aliphatic carbocycles. The lowest BCUT2D eigenvalue weighted by Crippen LogP contribution is -2.36. The van der Waals surface area contributed by atoms with Crippen molar-refractivity contribution in [3.8, 4) is 0 Å². The van der Waals surface area contributed by atoms with Crippen LogP contribution >= 0.6 is 0 Å². The van der Waals surface area contributed by atoms with E-state index in [4.69, 9.17) is 4.74 Å². The number of aliphatic imine (C=N–C) groups is 1. The second-order valence-electron chi connectivity index (χ2n) is 7.69. The van der Waals surface area contributed by atoms with Gasteiger partial charge in [-0.15, -0.1) is 0 Å². The van der Waals surface area contributed by atoms with E-state index in [1.54, 1.807) is 24.5 Å². The smallest absolute Gasteiger partial charge is 0.257 e. The van der Waals surface area contributed by atoms with Crippen molar-refractivity contribution < 1.29 is 13.9 Å². The number of benzene rings is 2. The van der Waals surface area contributed by atoms with Crippen molar-refractivity contribution in [2.24, 2.45) is 4.99 Å². The molecular formula is C25H26FN5O2. The SMILES string of the molecule is O=C(NC(=NCc1ccncc1)Nc1ccc(F)cc1)c1ccc(CN2CCOCC2)cc1. The predicted octanol–water partition coefficient (Wildman–Crippen LogP) is 3.45. The summed E-state index contributed by atoms with van der Waals surface area (Å²) in [5, 5.41) is 5.89. The van der Waals surface area contributed by atoms with Gasteiger partial charge in [0.1, 0.15) is 5.82 Å². The number of anilines is 1. The molecule has 1 saturated heterocycles. The van der Waals surface area contributed by atoms with Crippen LogP contribution in [0.3, 0.4) is 0 Å². The summed E-state index contributed by atoms with van der Waals surface area (Å²) in [6, 6.07) is 17.1. The minimum atomic E-state index is -0.336. The number of carbonyl (C=O) groups is 1. The third kappa shape index (κ3) is 6.93. The third-order valence-electron chi connectivity index (χ3n) is 5.23. The molecule has 0 spiro atoms. The van der Waals surface area contributed by atoms with Crippen molar-refractivity contribution in [2.75, 3.05) is 31.6 Å². The number of guanidine groups is 1. The first-order valence-corrected chi connectivity index (χ1v) is 10.8. The van der Waals surface area contributed by atoms with Crippen LogP contribution in [0.15, 0.2) is 78.0 Å². The highest BCUT2D eigenvalue weighted by atomic mass is 19.1. The van der Waals surface area contributed by atoms with Gasteiger partial charge in [-0.1, -0.05) is 12.1 Å². The van der Waals surface area contributed by atoms with Crippen LogP contribution in [0.2, 0.25) is 0 Å². The number of carbonyl (C=O) groups excluding carboxylic acids is 1. The van der Waals surface area contributed by atoms with Crippen LogP contribution in [0.4, 0.5) is 10.1 Å². The number of amides is 1. The quantitative estimate of drug-likeness (QED) is 0.447. The zero-order chi connectivity index (χ0) is 22.9. The van der Waals surface area contributed by atoms with Crippen LogP contribution in [0.1, 0.15) is 21.5 Å². The van der Waals surface area contributed by atoms with Gasteiger partial charge in [-0.25, -0.2) is 9.38 Å². The maximum Gasteiger partial charge on any atom is 0.257 e. The van der Waals surface area contributed by atoms with E-state index in [9.17, 15) is 9.18 Å². The average Bonchev–Trinajstić information content (AvgIpc) is 2.85. The van der Waals surface area contributed by atoms with E-state index < -0.39 is 0 Å². The van der Waals surface area contributed by atoms with Crippen molar-refractivity contribution in [1.29, 1.82) is 0 Å². The second-order valence-corrected chi connectivity index (χ2v) is 7.69. The van der Waals surface area contributed by atoms with Crippen LogP contribution in [0, 0.1) is 5.82 Å². The summed E-state index contributed by atoms with van der Waals surface area (Å²) in [4.78, 5) is 23.7. The van der Waals surface area contributed by atoms with Crippen LogP contribution in [0.25, 0.3) is 0 Å². The summed E-state index contributed by atoms with van der Waals surface area (Å²) in [7, 11) is 0. The highest BCUT2D eigenvalue weighted by molar-refractivity contribution is 6.09. The van der Waals surface area contributed by atoms with Crippen molar-refractivity contribution in [3.05, 3.63) is 95.6 Å². The summed E-state index contributed by atoms with van der Waals surface area (Å²) in [6.07, 6.45) is 3.38. The van der Waals surface area contributed by atoms with Crippen molar-refractivity contribution >= 4 is 17.6 Å². The molecule has 7 nitrogen and oxygen atoms in total. The molecule has 2 aromatic carbocycles. The predicted molar refractivity (Wildman–Crippen MR) is 125 cm³/mol. The van der Waals surface area contributed by atoms with Gasteiger partial charge < -0.3 is 10.1 Å². The molecule has 1 aliphatic rings. The molecule has 8 heteroatoms. The first kappa shape index (κ1) is 22.6. The summed E-state index contributed by atoms with van der Waals surface area (Å²) in [5.41, 5.74) is 3.24. The molecular weight excluding hydrogens is 421 g/mol. The molecule has 33 heavy (non-hydrogen) atoms. The maximum atomic E-state index is 13.3. The Morgan fingerprint density at radius 1 is 0.970 bits per heavy atom. The molecule has 0 radical (unpaired) electrons. The van der Waals surface area contributed by atoms with Gasteiger partial charge in [0.25, 0.3) is 5.91 Å². The Balaban J connectivity index is 1.43. The minimum absolute atomic E-state index is 0.279. The fraction of sp³-hybridized carbons (Fsp3) is 0.240. The number of nitrogens with zero attached hydrogens (tertiary/aromatic N) is 3. The second kappa shape index (κ2) is 11.3. The molecule has 0 saturated carbocycles. The molecule has 170 valence electrons. The monoisotopic (exact) mass is 447 g/mol. The zero-order valence-electron chi connectivity index (χ0n) is 18.2. The molecule has 2 N–H and O–H groups in total. The van der Waals surface area contributed by atoms with Gasteiger partial charge in [-0.2, -0.15) is 0 Å². The largest absolute Gasteiger partial charge is 0.379 e. The summed E-state index contributed by atoms with van der Waals surface area (Å²) in [5.74, 6) is -0.339. The lowest BCUT2D eigenvalue weighted by Gasteiger charge is -2.26. The number of rotatable bonds is 6. The highest BCUT2D eigenvalue weighted by Gasteiger charge is 2.13. The Labute approximate surface area is 192 Å². The lowest BCUT2D eigenvalue weighted by atomic mass is 10.1. The van der Waals surface area contributed by atoms with Crippen molar-refractivity contribution in [1.82, 2.24) is 15.2 Å². The number of ether oxygens (including phenoxy) is 1. The van der Waals surface area contributed by atoms with Crippen molar-refractivity contribution in [2.45, 2.75) is 13.1 Å². The topological polar surface area (TPSA) is 78.8 Å². The molecule has 1 amide bonds. The molecule has 2 heterocycles.